The summed E-state index contributed by atoms with van der Waals surface area (Å²) < 4.78 is 52.8. The highest BCUT2D eigenvalue weighted by atomic mass is 79.9. The number of hydrogen-bond donors (Lipinski definition) is 1. The van der Waals surface area contributed by atoms with Crippen LogP contribution in [0.2, 0.25) is 0 Å². The number of halogens is 3. The quantitative estimate of drug-likeness (QED) is 0.360. The number of fused-ring (bicyclic) bond motifs is 2. The largest absolute Gasteiger partial charge is 0.288 e. The molecule has 30 heavy (non-hydrogen) atoms. The van der Waals surface area contributed by atoms with Gasteiger partial charge >= 0.3 is 0 Å². The van der Waals surface area contributed by atoms with Crippen LogP contribution >= 0.6 is 42.5 Å². The summed E-state index contributed by atoms with van der Waals surface area (Å²) in [5, 5.41) is 0.112. The summed E-state index contributed by atoms with van der Waals surface area (Å²) in [6.07, 6.45) is 5.84. The van der Waals surface area contributed by atoms with E-state index in [0.29, 0.717) is 17.8 Å². The van der Waals surface area contributed by atoms with Crippen LogP contribution in [0.15, 0.2) is 68.1 Å². The highest BCUT2D eigenvalue weighted by Crippen LogP contribution is 2.19. The van der Waals surface area contributed by atoms with Gasteiger partial charge in [0.1, 0.15) is 11.3 Å². The van der Waals surface area contributed by atoms with E-state index in [1.807, 2.05) is 6.07 Å². The summed E-state index contributed by atoms with van der Waals surface area (Å²) in [4.78, 5) is 7.94. The van der Waals surface area contributed by atoms with Gasteiger partial charge in [0, 0.05) is 38.6 Å². The zero-order valence-corrected chi connectivity index (χ0v) is 20.8. The minimum absolute atomic E-state index is 0.0320. The zero-order chi connectivity index (χ0) is 22.1. The standard InChI is InChI=1S/C9H10BrN3O2S.C7H4BrClN2O2S/c1-2-12-16(14,15)9-5-11-8-4-3-7(10)6-13(8)9;8-5-1-2-6-10-3-7(11(6)4-5)14(9,12)13/h3-6,12H,2H2,1H3;1-4H. The van der Waals surface area contributed by atoms with Crippen molar-refractivity contribution in [3.63, 3.8) is 0 Å². The predicted octanol–water partition coefficient (Wildman–Crippen LogP) is 3.42. The molecule has 0 aliphatic carbocycles. The highest BCUT2D eigenvalue weighted by molar-refractivity contribution is 9.10. The molecule has 0 aliphatic heterocycles. The van der Waals surface area contributed by atoms with Crippen molar-refractivity contribution in [1.82, 2.24) is 23.5 Å². The number of pyridine rings is 2. The molecular formula is C16H14Br2ClN5O4S2. The average molecular weight is 600 g/mol. The molecule has 0 fully saturated rings. The predicted molar refractivity (Wildman–Crippen MR) is 120 cm³/mol. The Morgan fingerprint density at radius 3 is 1.83 bits per heavy atom. The second-order valence-electron chi connectivity index (χ2n) is 5.78. The first-order chi connectivity index (χ1) is 14.0. The molecule has 0 radical (unpaired) electrons. The average Bonchev–Trinajstić information content (AvgIpc) is 3.25. The van der Waals surface area contributed by atoms with Crippen LogP contribution in [-0.4, -0.2) is 42.1 Å². The van der Waals surface area contributed by atoms with Crippen LogP contribution in [0.25, 0.3) is 11.3 Å². The van der Waals surface area contributed by atoms with Crippen LogP contribution in [0.5, 0.6) is 0 Å². The van der Waals surface area contributed by atoms with E-state index >= 15 is 0 Å². The molecule has 9 nitrogen and oxygen atoms in total. The molecule has 0 spiro atoms. The van der Waals surface area contributed by atoms with Crippen LogP contribution in [0.1, 0.15) is 6.92 Å². The van der Waals surface area contributed by atoms with E-state index in [0.717, 1.165) is 8.95 Å². The summed E-state index contributed by atoms with van der Waals surface area (Å²) in [5.41, 5.74) is 1.13. The number of sulfonamides is 1. The van der Waals surface area contributed by atoms with Gasteiger partial charge in [0.25, 0.3) is 19.1 Å². The molecule has 160 valence electrons. The second-order valence-corrected chi connectivity index (χ2v) is 11.8. The molecular weight excluding hydrogens is 586 g/mol. The van der Waals surface area contributed by atoms with Gasteiger partial charge in [-0.2, -0.15) is 0 Å². The second kappa shape index (κ2) is 8.93. The Morgan fingerprint density at radius 1 is 0.900 bits per heavy atom. The lowest BCUT2D eigenvalue weighted by Gasteiger charge is -2.04. The van der Waals surface area contributed by atoms with Crippen LogP contribution in [0.3, 0.4) is 0 Å². The van der Waals surface area contributed by atoms with Crippen molar-refractivity contribution < 1.29 is 16.8 Å². The highest BCUT2D eigenvalue weighted by Gasteiger charge is 2.18. The van der Waals surface area contributed by atoms with Crippen molar-refractivity contribution in [3.8, 4) is 0 Å². The lowest BCUT2D eigenvalue weighted by molar-refractivity contribution is 0.579. The lowest BCUT2D eigenvalue weighted by atomic mass is 10.5. The van der Waals surface area contributed by atoms with Gasteiger partial charge in [0.2, 0.25) is 0 Å². The molecule has 4 heterocycles. The van der Waals surface area contributed by atoms with E-state index in [1.165, 1.54) is 21.2 Å². The molecule has 0 aromatic carbocycles. The van der Waals surface area contributed by atoms with Crippen molar-refractivity contribution >= 4 is 72.9 Å². The van der Waals surface area contributed by atoms with Gasteiger partial charge in [0.15, 0.2) is 10.1 Å². The van der Waals surface area contributed by atoms with Crippen molar-refractivity contribution in [2.24, 2.45) is 0 Å². The molecule has 1 N–H and O–H groups in total. The van der Waals surface area contributed by atoms with E-state index in [9.17, 15) is 16.8 Å². The first-order valence-electron chi connectivity index (χ1n) is 8.22. The molecule has 0 saturated heterocycles. The molecule has 4 aromatic heterocycles. The van der Waals surface area contributed by atoms with Crippen molar-refractivity contribution in [3.05, 3.63) is 58.0 Å². The monoisotopic (exact) mass is 597 g/mol. The van der Waals surface area contributed by atoms with Gasteiger partial charge in [0.05, 0.1) is 12.4 Å². The summed E-state index contributed by atoms with van der Waals surface area (Å²) in [5.74, 6) is 0. The number of rotatable bonds is 4. The maximum atomic E-state index is 11.8. The van der Waals surface area contributed by atoms with Crippen LogP contribution in [0, 0.1) is 0 Å². The maximum absolute atomic E-state index is 11.8. The van der Waals surface area contributed by atoms with Gasteiger partial charge < -0.3 is 0 Å². The van der Waals surface area contributed by atoms with E-state index in [1.54, 1.807) is 37.5 Å². The Labute approximate surface area is 193 Å². The summed E-state index contributed by atoms with van der Waals surface area (Å²) in [6.45, 7) is 2.08. The molecule has 0 bridgehead atoms. The molecule has 4 aromatic rings. The molecule has 0 amide bonds. The minimum atomic E-state index is -3.75. The third-order valence-corrected chi connectivity index (χ3v) is 7.47. The van der Waals surface area contributed by atoms with Gasteiger partial charge in [-0.1, -0.05) is 6.92 Å². The van der Waals surface area contributed by atoms with Gasteiger partial charge in [-0.05, 0) is 56.1 Å². The van der Waals surface area contributed by atoms with E-state index < -0.39 is 19.1 Å². The van der Waals surface area contributed by atoms with Gasteiger partial charge in [-0.25, -0.2) is 31.5 Å². The molecule has 0 saturated carbocycles. The summed E-state index contributed by atoms with van der Waals surface area (Å²) in [6, 6.07) is 7.02. The number of imidazole rings is 2. The first kappa shape index (κ1) is 23.2. The Hall–Kier alpha value is -1.51. The fraction of sp³-hybridized carbons (Fsp3) is 0.125. The number of aromatic nitrogens is 4. The third kappa shape index (κ3) is 5.03. The Bertz CT molecular complexity index is 1430. The Kier molecular flexibility index (Phi) is 6.89. The van der Waals surface area contributed by atoms with Crippen molar-refractivity contribution in [2.45, 2.75) is 17.0 Å². The maximum Gasteiger partial charge on any atom is 0.278 e. The van der Waals surface area contributed by atoms with Gasteiger partial charge in [-0.15, -0.1) is 0 Å². The third-order valence-electron chi connectivity index (χ3n) is 3.73. The summed E-state index contributed by atoms with van der Waals surface area (Å²) >= 11 is 6.52. The van der Waals surface area contributed by atoms with E-state index in [4.69, 9.17) is 10.7 Å². The topological polar surface area (TPSA) is 115 Å². The van der Waals surface area contributed by atoms with E-state index in [-0.39, 0.29) is 10.1 Å². The van der Waals surface area contributed by atoms with Crippen LogP contribution in [-0.2, 0) is 19.1 Å². The number of hydrogen-bond acceptors (Lipinski definition) is 6. The molecule has 0 unspecified atom stereocenters. The molecule has 4 rings (SSSR count). The molecule has 14 heteroatoms. The van der Waals surface area contributed by atoms with Crippen LogP contribution in [0.4, 0.5) is 0 Å². The number of nitrogens with one attached hydrogen (secondary N) is 1. The fourth-order valence-corrected chi connectivity index (χ4v) is 5.21. The minimum Gasteiger partial charge on any atom is -0.288 e. The van der Waals surface area contributed by atoms with E-state index in [2.05, 4.69) is 46.5 Å². The Balaban J connectivity index is 0.000000172. The lowest BCUT2D eigenvalue weighted by Crippen LogP contribution is -2.24. The first-order valence-corrected chi connectivity index (χ1v) is 13.6. The van der Waals surface area contributed by atoms with Crippen LogP contribution < -0.4 is 4.72 Å². The van der Waals surface area contributed by atoms with Crippen molar-refractivity contribution in [2.75, 3.05) is 6.54 Å². The Morgan fingerprint density at radius 2 is 1.37 bits per heavy atom. The molecule has 0 aliphatic rings. The normalized spacial score (nSPS) is 12.1. The zero-order valence-electron chi connectivity index (χ0n) is 15.2. The van der Waals surface area contributed by atoms with Gasteiger partial charge in [-0.3, -0.25) is 8.80 Å². The SMILES string of the molecule is CCNS(=O)(=O)c1cnc2ccc(Br)cn12.O=S(=O)(Cl)c1cnc2ccc(Br)cn12. The van der Waals surface area contributed by atoms with Crippen molar-refractivity contribution in [1.29, 1.82) is 0 Å². The smallest absolute Gasteiger partial charge is 0.278 e. The summed E-state index contributed by atoms with van der Waals surface area (Å²) in [7, 11) is -2.00. The number of nitrogens with zero attached hydrogens (tertiary/aromatic N) is 4. The fourth-order valence-electron chi connectivity index (χ4n) is 2.51. The molecule has 0 atom stereocenters.